The molecule has 1 unspecified atom stereocenters. The summed E-state index contributed by atoms with van der Waals surface area (Å²) in [4.78, 5) is 31.9. The van der Waals surface area contributed by atoms with Gasteiger partial charge in [0.1, 0.15) is 0 Å². The number of rotatable bonds is 8. The molecule has 1 aliphatic rings. The van der Waals surface area contributed by atoms with Crippen molar-refractivity contribution in [2.24, 2.45) is 4.99 Å². The van der Waals surface area contributed by atoms with Crippen molar-refractivity contribution < 1.29 is 19.0 Å². The lowest BCUT2D eigenvalue weighted by molar-refractivity contribution is -0.139. The highest BCUT2D eigenvalue weighted by Gasteiger charge is 2.33. The summed E-state index contributed by atoms with van der Waals surface area (Å²) in [6.45, 7) is 10.6. The van der Waals surface area contributed by atoms with E-state index in [0.717, 1.165) is 16.7 Å². The van der Waals surface area contributed by atoms with Crippen LogP contribution in [0.5, 0.6) is 11.5 Å². The molecule has 8 heteroatoms. The van der Waals surface area contributed by atoms with Crippen LogP contribution in [0, 0.1) is 6.92 Å². The van der Waals surface area contributed by atoms with Crippen molar-refractivity contribution >= 4 is 23.4 Å². The Morgan fingerprint density at radius 2 is 1.69 bits per heavy atom. The zero-order chi connectivity index (χ0) is 25.8. The molecule has 0 spiro atoms. The molecule has 0 bridgehead atoms. The highest BCUT2D eigenvalue weighted by atomic mass is 32.1. The number of nitrogens with zero attached hydrogens (tertiary/aromatic N) is 2. The molecule has 36 heavy (non-hydrogen) atoms. The van der Waals surface area contributed by atoms with Gasteiger partial charge in [-0.25, -0.2) is 9.79 Å². The molecule has 0 amide bonds. The van der Waals surface area contributed by atoms with Gasteiger partial charge in [-0.3, -0.25) is 9.36 Å². The predicted octanol–water partition coefficient (Wildman–Crippen LogP) is 3.90. The third kappa shape index (κ3) is 4.99. The number of hydrogen-bond acceptors (Lipinski definition) is 7. The molecule has 0 aliphatic carbocycles. The molecule has 1 atom stereocenters. The molecule has 2 heterocycles. The molecule has 0 fully saturated rings. The van der Waals surface area contributed by atoms with Gasteiger partial charge in [-0.15, -0.1) is 0 Å². The Hall–Kier alpha value is -3.65. The van der Waals surface area contributed by atoms with Crippen molar-refractivity contribution in [2.75, 3.05) is 19.8 Å². The monoisotopic (exact) mass is 506 g/mol. The lowest BCUT2D eigenvalue weighted by Crippen LogP contribution is -2.39. The molecule has 0 radical (unpaired) electrons. The maximum atomic E-state index is 13.7. The molecule has 0 N–H and O–H groups in total. The van der Waals surface area contributed by atoms with Crippen molar-refractivity contribution in [2.45, 2.75) is 40.7 Å². The van der Waals surface area contributed by atoms with E-state index in [9.17, 15) is 9.59 Å². The SMILES string of the molecule is CCOC(=O)C1=C(C)N=c2sc(=Cc3ccc(OCC)c(OCC)c3)c(=O)n2C1c1ccc(C)cc1. The maximum absolute atomic E-state index is 13.7. The van der Waals surface area contributed by atoms with Gasteiger partial charge in [0.05, 0.1) is 41.7 Å². The lowest BCUT2D eigenvalue weighted by atomic mass is 9.95. The smallest absolute Gasteiger partial charge is 0.338 e. The first-order chi connectivity index (χ1) is 17.4. The first-order valence-corrected chi connectivity index (χ1v) is 12.8. The van der Waals surface area contributed by atoms with E-state index in [1.807, 2.05) is 69.3 Å². The topological polar surface area (TPSA) is 79.1 Å². The second-order valence-electron chi connectivity index (χ2n) is 8.29. The number of allylic oxidation sites excluding steroid dienone is 1. The maximum Gasteiger partial charge on any atom is 0.338 e. The second kappa shape index (κ2) is 11.0. The van der Waals surface area contributed by atoms with Crippen molar-refractivity contribution in [3.63, 3.8) is 0 Å². The molecule has 7 nitrogen and oxygen atoms in total. The Bertz CT molecular complexity index is 1480. The van der Waals surface area contributed by atoms with Gasteiger partial charge < -0.3 is 14.2 Å². The van der Waals surface area contributed by atoms with Crippen LogP contribution in [0.1, 0.15) is 50.4 Å². The molecular formula is C28H30N2O5S. The van der Waals surface area contributed by atoms with Crippen LogP contribution in [-0.2, 0) is 9.53 Å². The van der Waals surface area contributed by atoms with Crippen LogP contribution < -0.4 is 24.4 Å². The molecule has 1 aliphatic heterocycles. The van der Waals surface area contributed by atoms with E-state index in [4.69, 9.17) is 14.2 Å². The fraction of sp³-hybridized carbons (Fsp3) is 0.321. The van der Waals surface area contributed by atoms with Crippen molar-refractivity contribution in [1.82, 2.24) is 4.57 Å². The molecule has 1 aromatic heterocycles. The number of hydrogen-bond donors (Lipinski definition) is 0. The molecule has 2 aromatic carbocycles. The summed E-state index contributed by atoms with van der Waals surface area (Å²) >= 11 is 1.29. The largest absolute Gasteiger partial charge is 0.490 e. The summed E-state index contributed by atoms with van der Waals surface area (Å²) in [5.41, 5.74) is 3.42. The number of carbonyl (C=O) groups is 1. The number of esters is 1. The first-order valence-electron chi connectivity index (χ1n) is 12.0. The van der Waals surface area contributed by atoms with Gasteiger partial charge in [0.25, 0.3) is 5.56 Å². The Morgan fingerprint density at radius 1 is 1.00 bits per heavy atom. The fourth-order valence-electron chi connectivity index (χ4n) is 4.16. The number of thiazole rings is 1. The Kier molecular flexibility index (Phi) is 7.74. The number of carbonyl (C=O) groups excluding carboxylic acids is 1. The zero-order valence-electron chi connectivity index (χ0n) is 21.2. The fourth-order valence-corrected chi connectivity index (χ4v) is 5.21. The quantitative estimate of drug-likeness (QED) is 0.433. The van der Waals surface area contributed by atoms with Crippen LogP contribution in [0.3, 0.4) is 0 Å². The van der Waals surface area contributed by atoms with E-state index in [2.05, 4.69) is 4.99 Å². The number of aryl methyl sites for hydroxylation is 1. The van der Waals surface area contributed by atoms with Crippen LogP contribution in [0.15, 0.2) is 63.5 Å². The number of ether oxygens (including phenoxy) is 3. The molecule has 0 saturated carbocycles. The van der Waals surface area contributed by atoms with Crippen molar-refractivity contribution in [3.05, 3.63) is 90.1 Å². The van der Waals surface area contributed by atoms with Gasteiger partial charge in [0, 0.05) is 0 Å². The van der Waals surface area contributed by atoms with Gasteiger partial charge in [0.2, 0.25) is 0 Å². The first kappa shape index (κ1) is 25.4. The molecule has 0 saturated heterocycles. The van der Waals surface area contributed by atoms with Gasteiger partial charge >= 0.3 is 5.97 Å². The van der Waals surface area contributed by atoms with Crippen LogP contribution >= 0.6 is 11.3 Å². The van der Waals surface area contributed by atoms with Crippen LogP contribution in [-0.4, -0.2) is 30.4 Å². The zero-order valence-corrected chi connectivity index (χ0v) is 22.0. The minimum absolute atomic E-state index is 0.217. The lowest BCUT2D eigenvalue weighted by Gasteiger charge is -2.24. The average Bonchev–Trinajstić information content (AvgIpc) is 3.15. The standard InChI is InChI=1S/C28H30N2O5S/c1-6-33-21-14-11-19(15-22(21)34-7-2)16-23-26(31)30-25(20-12-9-17(4)10-13-20)24(27(32)35-8-3)18(5)29-28(30)36-23/h9-16,25H,6-8H2,1-5H3. The van der Waals surface area contributed by atoms with E-state index in [0.29, 0.717) is 45.3 Å². The van der Waals surface area contributed by atoms with Gasteiger partial charge in [-0.1, -0.05) is 47.2 Å². The minimum atomic E-state index is -0.623. The van der Waals surface area contributed by atoms with E-state index in [1.165, 1.54) is 11.3 Å². The van der Waals surface area contributed by atoms with Crippen molar-refractivity contribution in [1.29, 1.82) is 0 Å². The summed E-state index contributed by atoms with van der Waals surface area (Å²) in [5, 5.41) is 0. The van der Waals surface area contributed by atoms with Crippen LogP contribution in [0.25, 0.3) is 6.08 Å². The van der Waals surface area contributed by atoms with E-state index in [-0.39, 0.29) is 12.2 Å². The molecule has 3 aromatic rings. The summed E-state index contributed by atoms with van der Waals surface area (Å²) in [6.07, 6.45) is 1.82. The number of benzene rings is 2. The summed E-state index contributed by atoms with van der Waals surface area (Å²) in [7, 11) is 0. The van der Waals surface area contributed by atoms with E-state index in [1.54, 1.807) is 18.4 Å². The average molecular weight is 507 g/mol. The van der Waals surface area contributed by atoms with Crippen LogP contribution in [0.2, 0.25) is 0 Å². The summed E-state index contributed by atoms with van der Waals surface area (Å²) in [5.74, 6) is 0.817. The minimum Gasteiger partial charge on any atom is -0.490 e. The number of aromatic nitrogens is 1. The Morgan fingerprint density at radius 3 is 2.36 bits per heavy atom. The highest BCUT2D eigenvalue weighted by molar-refractivity contribution is 7.07. The van der Waals surface area contributed by atoms with E-state index < -0.39 is 12.0 Å². The Labute approximate surface area is 214 Å². The Balaban J connectivity index is 1.89. The second-order valence-corrected chi connectivity index (χ2v) is 9.29. The molecular weight excluding hydrogens is 476 g/mol. The van der Waals surface area contributed by atoms with E-state index >= 15 is 0 Å². The normalized spacial score (nSPS) is 15.4. The molecule has 188 valence electrons. The van der Waals surface area contributed by atoms with Gasteiger partial charge in [0.15, 0.2) is 16.3 Å². The van der Waals surface area contributed by atoms with Gasteiger partial charge in [-0.05, 0) is 64.0 Å². The third-order valence-corrected chi connectivity index (χ3v) is 6.76. The third-order valence-electron chi connectivity index (χ3n) is 5.78. The van der Waals surface area contributed by atoms with Crippen LogP contribution in [0.4, 0.5) is 0 Å². The predicted molar refractivity (Wildman–Crippen MR) is 140 cm³/mol. The number of fused-ring (bicyclic) bond motifs is 1. The highest BCUT2D eigenvalue weighted by Crippen LogP contribution is 2.31. The summed E-state index contributed by atoms with van der Waals surface area (Å²) in [6, 6.07) is 12.8. The van der Waals surface area contributed by atoms with Gasteiger partial charge in [-0.2, -0.15) is 0 Å². The molecule has 4 rings (SSSR count). The van der Waals surface area contributed by atoms with Crippen molar-refractivity contribution in [3.8, 4) is 11.5 Å². The summed E-state index contributed by atoms with van der Waals surface area (Å²) < 4.78 is 18.9.